The number of halogens is 1. The molecule has 3 aromatic rings. The van der Waals surface area contributed by atoms with Crippen LogP contribution in [0.15, 0.2) is 61.0 Å². The van der Waals surface area contributed by atoms with E-state index in [0.29, 0.717) is 23.1 Å². The number of fused-ring (bicyclic) bond motifs is 2. The Labute approximate surface area is 194 Å². The molecule has 0 spiro atoms. The molecule has 4 rings (SSSR count). The maximum Gasteiger partial charge on any atom is 0.290 e. The molecule has 0 bridgehead atoms. The molecule has 0 N–H and O–H groups in total. The second-order valence-corrected chi connectivity index (χ2v) is 9.31. The monoisotopic (exact) mass is 500 g/mol. The standard InChI is InChI=1S/C24H25BrN2O3S/c1-4-26(5-2)12-13-27-21(15-6-9-17(31-3)10-7-15)20-22(28)18-14-16(25)8-11-19(18)30-23(20)24(27)29/h6-11,14,21H,4-5,12-13H2,1-3H3. The minimum Gasteiger partial charge on any atom is -0.450 e. The van der Waals surface area contributed by atoms with Gasteiger partial charge in [-0.25, -0.2) is 0 Å². The minimum atomic E-state index is -0.450. The summed E-state index contributed by atoms with van der Waals surface area (Å²) in [5, 5.41) is 0.484. The van der Waals surface area contributed by atoms with E-state index in [2.05, 4.69) is 34.7 Å². The lowest BCUT2D eigenvalue weighted by Crippen LogP contribution is -2.37. The Bertz CT molecular complexity index is 1170. The summed E-state index contributed by atoms with van der Waals surface area (Å²) >= 11 is 5.10. The maximum absolute atomic E-state index is 13.5. The Hall–Kier alpha value is -2.09. The van der Waals surface area contributed by atoms with Crippen molar-refractivity contribution in [2.24, 2.45) is 0 Å². The van der Waals surface area contributed by atoms with E-state index in [0.717, 1.165) is 34.6 Å². The quantitative estimate of drug-likeness (QED) is 0.419. The van der Waals surface area contributed by atoms with Crippen molar-refractivity contribution in [3.8, 4) is 0 Å². The van der Waals surface area contributed by atoms with Crippen LogP contribution in [0.5, 0.6) is 0 Å². The molecule has 162 valence electrons. The predicted octanol–water partition coefficient (Wildman–Crippen LogP) is 5.16. The Morgan fingerprint density at radius 3 is 2.45 bits per heavy atom. The van der Waals surface area contributed by atoms with Gasteiger partial charge in [-0.1, -0.05) is 41.9 Å². The number of amides is 1. The summed E-state index contributed by atoms with van der Waals surface area (Å²) in [6.07, 6.45) is 2.03. The molecule has 1 amide bonds. The number of nitrogens with zero attached hydrogens (tertiary/aromatic N) is 2. The highest BCUT2D eigenvalue weighted by molar-refractivity contribution is 9.10. The van der Waals surface area contributed by atoms with Crippen LogP contribution in [0, 0.1) is 0 Å². The van der Waals surface area contributed by atoms with Gasteiger partial charge in [-0.2, -0.15) is 0 Å². The Morgan fingerprint density at radius 2 is 1.81 bits per heavy atom. The highest BCUT2D eigenvalue weighted by Crippen LogP contribution is 2.38. The molecule has 0 saturated carbocycles. The zero-order chi connectivity index (χ0) is 22.1. The predicted molar refractivity (Wildman–Crippen MR) is 129 cm³/mol. The van der Waals surface area contributed by atoms with Crippen LogP contribution >= 0.6 is 27.7 Å². The van der Waals surface area contributed by atoms with E-state index in [-0.39, 0.29) is 17.1 Å². The largest absolute Gasteiger partial charge is 0.450 e. The number of thioether (sulfide) groups is 1. The maximum atomic E-state index is 13.5. The van der Waals surface area contributed by atoms with Crippen LogP contribution in [0.2, 0.25) is 0 Å². The van der Waals surface area contributed by atoms with Crippen LogP contribution in [0.1, 0.15) is 41.6 Å². The lowest BCUT2D eigenvalue weighted by Gasteiger charge is -2.28. The van der Waals surface area contributed by atoms with E-state index in [4.69, 9.17) is 4.42 Å². The van der Waals surface area contributed by atoms with Crippen molar-refractivity contribution < 1.29 is 9.21 Å². The van der Waals surface area contributed by atoms with Gasteiger partial charge in [-0.3, -0.25) is 9.59 Å². The van der Waals surface area contributed by atoms with Gasteiger partial charge < -0.3 is 14.2 Å². The zero-order valence-electron chi connectivity index (χ0n) is 17.9. The van der Waals surface area contributed by atoms with Crippen molar-refractivity contribution in [2.45, 2.75) is 24.8 Å². The molecule has 0 radical (unpaired) electrons. The molecule has 5 nitrogen and oxygen atoms in total. The number of carbonyl (C=O) groups excluding carboxylic acids is 1. The topological polar surface area (TPSA) is 53.8 Å². The Morgan fingerprint density at radius 1 is 1.10 bits per heavy atom. The van der Waals surface area contributed by atoms with Crippen LogP contribution in [-0.4, -0.2) is 48.1 Å². The van der Waals surface area contributed by atoms with Crippen molar-refractivity contribution in [3.05, 3.63) is 74.0 Å². The highest BCUT2D eigenvalue weighted by atomic mass is 79.9. The fourth-order valence-electron chi connectivity index (χ4n) is 4.14. The van der Waals surface area contributed by atoms with Gasteiger partial charge in [-0.15, -0.1) is 11.8 Å². The third kappa shape index (κ3) is 4.06. The normalized spacial score (nSPS) is 15.8. The van der Waals surface area contributed by atoms with Gasteiger partial charge in [0.05, 0.1) is 17.0 Å². The summed E-state index contributed by atoms with van der Waals surface area (Å²) in [6.45, 7) is 7.31. The van der Waals surface area contributed by atoms with Crippen LogP contribution in [-0.2, 0) is 0 Å². The molecule has 7 heteroatoms. The first kappa shape index (κ1) is 22.1. The first-order valence-electron chi connectivity index (χ1n) is 10.4. The molecule has 2 aromatic carbocycles. The van der Waals surface area contributed by atoms with Crippen molar-refractivity contribution in [2.75, 3.05) is 32.4 Å². The molecule has 1 aliphatic rings. The molecular weight excluding hydrogens is 476 g/mol. The fourth-order valence-corrected chi connectivity index (χ4v) is 4.91. The number of benzene rings is 2. The van der Waals surface area contributed by atoms with Crippen molar-refractivity contribution in [1.29, 1.82) is 0 Å². The SMILES string of the molecule is CCN(CC)CCN1C(=O)c2oc3ccc(Br)cc3c(=O)c2C1c1ccc(SC)cc1. The Balaban J connectivity index is 1.86. The van der Waals surface area contributed by atoms with Gasteiger partial charge >= 0.3 is 0 Å². The molecule has 1 aromatic heterocycles. The second kappa shape index (κ2) is 9.18. The van der Waals surface area contributed by atoms with Crippen LogP contribution in [0.3, 0.4) is 0 Å². The van der Waals surface area contributed by atoms with Gasteiger partial charge in [0.15, 0.2) is 5.43 Å². The Kier molecular flexibility index (Phi) is 6.55. The smallest absolute Gasteiger partial charge is 0.290 e. The second-order valence-electron chi connectivity index (χ2n) is 7.52. The molecular formula is C24H25BrN2O3S. The first-order chi connectivity index (χ1) is 15.0. The number of hydrogen-bond acceptors (Lipinski definition) is 5. The van der Waals surface area contributed by atoms with E-state index in [1.807, 2.05) is 36.6 Å². The molecule has 0 aliphatic carbocycles. The van der Waals surface area contributed by atoms with Crippen LogP contribution in [0.25, 0.3) is 11.0 Å². The summed E-state index contributed by atoms with van der Waals surface area (Å²) in [7, 11) is 0. The van der Waals surface area contributed by atoms with E-state index < -0.39 is 6.04 Å². The van der Waals surface area contributed by atoms with Crippen molar-refractivity contribution in [1.82, 2.24) is 9.80 Å². The van der Waals surface area contributed by atoms with Crippen molar-refractivity contribution >= 4 is 44.6 Å². The number of carbonyl (C=O) groups is 1. The number of likely N-dealkylation sites (N-methyl/N-ethyl adjacent to an activating group) is 1. The summed E-state index contributed by atoms with van der Waals surface area (Å²) in [5.74, 6) is -0.0543. The van der Waals surface area contributed by atoms with Crippen LogP contribution in [0.4, 0.5) is 0 Å². The number of rotatable bonds is 7. The summed E-state index contributed by atoms with van der Waals surface area (Å²) in [5.41, 5.74) is 1.65. The molecule has 1 aliphatic heterocycles. The van der Waals surface area contributed by atoms with Gasteiger partial charge in [0.2, 0.25) is 5.76 Å². The molecule has 2 heterocycles. The average molecular weight is 501 g/mol. The fraction of sp³-hybridized carbons (Fsp3) is 0.333. The summed E-state index contributed by atoms with van der Waals surface area (Å²) in [6, 6.07) is 12.9. The minimum absolute atomic E-state index is 0.143. The first-order valence-corrected chi connectivity index (χ1v) is 12.4. The summed E-state index contributed by atoms with van der Waals surface area (Å²) in [4.78, 5) is 32.2. The van der Waals surface area contributed by atoms with E-state index >= 15 is 0 Å². The third-order valence-corrected chi connectivity index (χ3v) is 7.15. The number of hydrogen-bond donors (Lipinski definition) is 0. The van der Waals surface area contributed by atoms with Crippen LogP contribution < -0.4 is 5.43 Å². The molecule has 1 atom stereocenters. The lowest BCUT2D eigenvalue weighted by molar-refractivity contribution is 0.0708. The lowest BCUT2D eigenvalue weighted by atomic mass is 9.98. The van der Waals surface area contributed by atoms with E-state index in [1.165, 1.54) is 0 Å². The molecule has 0 saturated heterocycles. The van der Waals surface area contributed by atoms with Crippen molar-refractivity contribution in [3.63, 3.8) is 0 Å². The average Bonchev–Trinajstić information content (AvgIpc) is 3.07. The van der Waals surface area contributed by atoms with E-state index in [9.17, 15) is 9.59 Å². The van der Waals surface area contributed by atoms with Gasteiger partial charge in [0.1, 0.15) is 5.58 Å². The highest BCUT2D eigenvalue weighted by Gasteiger charge is 2.42. The zero-order valence-corrected chi connectivity index (χ0v) is 20.3. The van der Waals surface area contributed by atoms with Gasteiger partial charge in [-0.05, 0) is 55.2 Å². The summed E-state index contributed by atoms with van der Waals surface area (Å²) < 4.78 is 6.81. The third-order valence-electron chi connectivity index (χ3n) is 5.91. The molecule has 0 fully saturated rings. The molecule has 31 heavy (non-hydrogen) atoms. The molecule has 1 unspecified atom stereocenters. The van der Waals surface area contributed by atoms with E-state index in [1.54, 1.807) is 28.8 Å². The van der Waals surface area contributed by atoms with Gasteiger partial charge in [0, 0.05) is 22.5 Å². The van der Waals surface area contributed by atoms with Gasteiger partial charge in [0.25, 0.3) is 5.91 Å².